The summed E-state index contributed by atoms with van der Waals surface area (Å²) in [5, 5.41) is 7.14. The van der Waals surface area contributed by atoms with Gasteiger partial charge in [0.05, 0.1) is 0 Å². The summed E-state index contributed by atoms with van der Waals surface area (Å²) in [5.74, 6) is 0.0162. The van der Waals surface area contributed by atoms with Crippen LogP contribution in [-0.2, 0) is 0 Å². The number of hydrogen-bond donors (Lipinski definition) is 2. The lowest BCUT2D eigenvalue weighted by molar-refractivity contribution is 1.42. The fourth-order valence-corrected chi connectivity index (χ4v) is 0.927. The lowest BCUT2D eigenvalue weighted by Crippen LogP contribution is -2.22. The minimum atomic E-state index is 0.0162. The molecule has 0 saturated heterocycles. The highest BCUT2D eigenvalue weighted by atomic mass is 14.7. The molecule has 0 amide bonds. The van der Waals surface area contributed by atoms with Crippen LogP contribution in [0.1, 0.15) is 11.1 Å². The fraction of sp³-hybridized carbons (Fsp3) is 0.125. The zero-order valence-electron chi connectivity index (χ0n) is 6.39. The largest absolute Gasteiger partial charge is 0.384 e. The lowest BCUT2D eigenvalue weighted by Gasteiger charge is -2.03. The van der Waals surface area contributed by atoms with Gasteiger partial charge in [0, 0.05) is 5.56 Å². The summed E-state index contributed by atoms with van der Waals surface area (Å²) < 4.78 is 0. The smallest absolute Gasteiger partial charge is 0.122 e. The molecule has 3 heteroatoms. The summed E-state index contributed by atoms with van der Waals surface area (Å²) in [6.07, 6.45) is 0. The first-order valence-corrected chi connectivity index (χ1v) is 3.32. The van der Waals surface area contributed by atoms with E-state index in [1.807, 2.05) is 13.0 Å². The van der Waals surface area contributed by atoms with Gasteiger partial charge in [-0.05, 0) is 6.92 Å². The molecule has 0 saturated carbocycles. The molecule has 1 rings (SSSR count). The van der Waals surface area contributed by atoms with Gasteiger partial charge in [0.2, 0.25) is 0 Å². The number of rotatable bonds is 1. The number of nitrogen functional groups attached to an aromatic ring is 1. The van der Waals surface area contributed by atoms with Crippen molar-refractivity contribution in [1.29, 1.82) is 5.41 Å². The Morgan fingerprint density at radius 2 is 2.18 bits per heavy atom. The highest BCUT2D eigenvalue weighted by Crippen LogP contribution is 1.97. The third kappa shape index (κ3) is 1.61. The molecule has 0 aliphatic heterocycles. The molecule has 0 spiro atoms. The normalized spacial score (nSPS) is 9.55. The number of nitrogens with two attached hydrogens (primary N) is 1. The predicted molar refractivity (Wildman–Crippen MR) is 47.6 cm³/mol. The first kappa shape index (κ1) is 7.86. The van der Waals surface area contributed by atoms with Gasteiger partial charge in [-0.15, -0.1) is 0 Å². The van der Waals surface area contributed by atoms with Crippen LogP contribution in [0.15, 0.2) is 18.2 Å². The molecule has 0 fully saturated rings. The summed E-state index contributed by atoms with van der Waals surface area (Å²) in [6, 6.07) is 5.44. The van der Waals surface area contributed by atoms with Crippen LogP contribution in [0.3, 0.4) is 0 Å². The molecular formula is C8H9BN2. The standard InChI is InChI=1S/C8H9BN2/c1-5-2-3-6(8(10)11)7(9)4-5/h2-4H,1H3,(H3,10,11). The summed E-state index contributed by atoms with van der Waals surface area (Å²) in [7, 11) is 5.60. The highest BCUT2D eigenvalue weighted by molar-refractivity contribution is 6.36. The molecule has 0 bridgehead atoms. The van der Waals surface area contributed by atoms with Gasteiger partial charge in [0.25, 0.3) is 0 Å². The molecule has 0 aromatic heterocycles. The van der Waals surface area contributed by atoms with E-state index in [4.69, 9.17) is 19.0 Å². The Labute approximate surface area is 67.3 Å². The van der Waals surface area contributed by atoms with Crippen molar-refractivity contribution in [3.05, 3.63) is 29.3 Å². The number of benzene rings is 1. The van der Waals surface area contributed by atoms with Crippen molar-refractivity contribution in [2.24, 2.45) is 5.73 Å². The second kappa shape index (κ2) is 2.78. The maximum atomic E-state index is 7.14. The Balaban J connectivity index is 3.20. The lowest BCUT2D eigenvalue weighted by atomic mass is 9.89. The second-order valence-electron chi connectivity index (χ2n) is 2.50. The molecule has 0 heterocycles. The highest BCUT2D eigenvalue weighted by Gasteiger charge is 1.98. The van der Waals surface area contributed by atoms with Gasteiger partial charge in [-0.2, -0.15) is 0 Å². The van der Waals surface area contributed by atoms with Gasteiger partial charge < -0.3 is 5.73 Å². The minimum absolute atomic E-state index is 0.0162. The molecular weight excluding hydrogens is 135 g/mol. The van der Waals surface area contributed by atoms with Crippen LogP contribution in [0.25, 0.3) is 0 Å². The van der Waals surface area contributed by atoms with Crippen molar-refractivity contribution in [2.75, 3.05) is 0 Å². The number of hydrogen-bond acceptors (Lipinski definition) is 1. The number of aryl methyl sites for hydroxylation is 1. The molecule has 0 aliphatic carbocycles. The molecule has 3 N–H and O–H groups in total. The van der Waals surface area contributed by atoms with Gasteiger partial charge in [-0.3, -0.25) is 5.41 Å². The predicted octanol–water partition coefficient (Wildman–Crippen LogP) is 0.0729. The summed E-state index contributed by atoms with van der Waals surface area (Å²) in [5.41, 5.74) is 7.52. The van der Waals surface area contributed by atoms with Crippen LogP contribution in [0.4, 0.5) is 0 Å². The first-order chi connectivity index (χ1) is 5.11. The van der Waals surface area contributed by atoms with E-state index >= 15 is 0 Å². The van der Waals surface area contributed by atoms with E-state index in [0.717, 1.165) is 5.56 Å². The Bertz CT molecular complexity index is 294. The van der Waals surface area contributed by atoms with Crippen LogP contribution in [0, 0.1) is 12.3 Å². The van der Waals surface area contributed by atoms with Crippen LogP contribution in [0.2, 0.25) is 0 Å². The van der Waals surface area contributed by atoms with Crippen molar-refractivity contribution in [1.82, 2.24) is 0 Å². The summed E-state index contributed by atoms with van der Waals surface area (Å²) in [4.78, 5) is 0. The van der Waals surface area contributed by atoms with E-state index in [-0.39, 0.29) is 5.84 Å². The van der Waals surface area contributed by atoms with E-state index in [1.54, 1.807) is 12.1 Å². The van der Waals surface area contributed by atoms with E-state index < -0.39 is 0 Å². The Morgan fingerprint density at radius 3 is 2.64 bits per heavy atom. The Hall–Kier alpha value is -1.25. The quantitative estimate of drug-likeness (QED) is 0.327. The third-order valence-corrected chi connectivity index (χ3v) is 1.50. The zero-order valence-corrected chi connectivity index (χ0v) is 6.39. The van der Waals surface area contributed by atoms with E-state index in [2.05, 4.69) is 0 Å². The maximum Gasteiger partial charge on any atom is 0.122 e. The SMILES string of the molecule is [B]c1cc(C)ccc1C(=N)N. The van der Waals surface area contributed by atoms with Crippen molar-refractivity contribution >= 4 is 19.1 Å². The third-order valence-electron chi connectivity index (χ3n) is 1.50. The average Bonchev–Trinajstić information content (AvgIpc) is 1.85. The van der Waals surface area contributed by atoms with Crippen LogP contribution in [-0.4, -0.2) is 13.7 Å². The van der Waals surface area contributed by atoms with Crippen molar-refractivity contribution in [2.45, 2.75) is 6.92 Å². The van der Waals surface area contributed by atoms with Crippen LogP contribution in [0.5, 0.6) is 0 Å². The van der Waals surface area contributed by atoms with Gasteiger partial charge >= 0.3 is 0 Å². The molecule has 0 atom stereocenters. The fourth-order valence-electron chi connectivity index (χ4n) is 0.927. The maximum absolute atomic E-state index is 7.14. The van der Waals surface area contributed by atoms with Gasteiger partial charge in [0.15, 0.2) is 0 Å². The molecule has 0 unspecified atom stereocenters. The summed E-state index contributed by atoms with van der Waals surface area (Å²) >= 11 is 0. The topological polar surface area (TPSA) is 49.9 Å². The molecule has 54 valence electrons. The van der Waals surface area contributed by atoms with Gasteiger partial charge in [0.1, 0.15) is 13.7 Å². The molecule has 2 nitrogen and oxygen atoms in total. The molecule has 1 aromatic carbocycles. The number of amidine groups is 1. The van der Waals surface area contributed by atoms with E-state index in [1.165, 1.54) is 0 Å². The molecule has 0 aliphatic rings. The van der Waals surface area contributed by atoms with Crippen molar-refractivity contribution in [3.8, 4) is 0 Å². The minimum Gasteiger partial charge on any atom is -0.384 e. The van der Waals surface area contributed by atoms with Gasteiger partial charge in [-0.1, -0.05) is 29.2 Å². The monoisotopic (exact) mass is 144 g/mol. The van der Waals surface area contributed by atoms with Crippen molar-refractivity contribution in [3.63, 3.8) is 0 Å². The van der Waals surface area contributed by atoms with Crippen molar-refractivity contribution < 1.29 is 0 Å². The molecule has 2 radical (unpaired) electrons. The Kier molecular flexibility index (Phi) is 1.99. The number of nitrogens with one attached hydrogen (secondary N) is 1. The molecule has 11 heavy (non-hydrogen) atoms. The average molecular weight is 144 g/mol. The summed E-state index contributed by atoms with van der Waals surface area (Å²) in [6.45, 7) is 1.94. The molecule has 1 aromatic rings. The first-order valence-electron chi connectivity index (χ1n) is 3.32. The van der Waals surface area contributed by atoms with E-state index in [0.29, 0.717) is 11.0 Å². The van der Waals surface area contributed by atoms with Gasteiger partial charge in [-0.25, -0.2) is 0 Å². The van der Waals surface area contributed by atoms with Crippen LogP contribution < -0.4 is 11.2 Å². The van der Waals surface area contributed by atoms with E-state index in [9.17, 15) is 0 Å². The van der Waals surface area contributed by atoms with Crippen LogP contribution >= 0.6 is 0 Å². The zero-order chi connectivity index (χ0) is 8.43. The second-order valence-corrected chi connectivity index (χ2v) is 2.50. The Morgan fingerprint density at radius 1 is 1.55 bits per heavy atom.